The van der Waals surface area contributed by atoms with Crippen LogP contribution in [0, 0.1) is 13.8 Å². The summed E-state index contributed by atoms with van der Waals surface area (Å²) in [5.41, 5.74) is 2.52. The molecule has 0 aliphatic rings. The molecule has 4 heteroatoms. The molecule has 0 fully saturated rings. The van der Waals surface area contributed by atoms with Crippen molar-refractivity contribution in [2.75, 3.05) is 0 Å². The average Bonchev–Trinajstić information content (AvgIpc) is 2.56. The van der Waals surface area contributed by atoms with Crippen molar-refractivity contribution in [2.45, 2.75) is 38.4 Å². The number of halogens is 1. The summed E-state index contributed by atoms with van der Waals surface area (Å²) >= 11 is 5.43. The first-order valence-corrected chi connectivity index (χ1v) is 7.20. The maximum atomic E-state index is 4.43. The molecule has 0 aliphatic heterocycles. The minimum atomic E-state index is 0.505. The largest absolute Gasteiger partial charge is 0.241 e. The molecule has 0 amide bonds. The third kappa shape index (κ3) is 2.13. The molecule has 16 heavy (non-hydrogen) atoms. The Kier molecular flexibility index (Phi) is 3.60. The van der Waals surface area contributed by atoms with Crippen LogP contribution in [0.5, 0.6) is 0 Å². The van der Waals surface area contributed by atoms with Crippen LogP contribution in [-0.2, 0) is 6.42 Å². The molecule has 0 N–H and O–H groups in total. The van der Waals surface area contributed by atoms with E-state index in [0.717, 1.165) is 17.7 Å². The van der Waals surface area contributed by atoms with E-state index in [0.29, 0.717) is 4.83 Å². The number of rotatable bonds is 3. The smallest absolute Gasteiger partial charge is 0.127 e. The number of thiophene rings is 1. The van der Waals surface area contributed by atoms with Gasteiger partial charge in [0, 0.05) is 21.5 Å². The van der Waals surface area contributed by atoms with Crippen molar-refractivity contribution in [3.05, 3.63) is 22.5 Å². The summed E-state index contributed by atoms with van der Waals surface area (Å²) in [5.74, 6) is 0. The summed E-state index contributed by atoms with van der Waals surface area (Å²) in [7, 11) is 0. The van der Waals surface area contributed by atoms with E-state index >= 15 is 0 Å². The average molecular weight is 299 g/mol. The van der Waals surface area contributed by atoms with Crippen molar-refractivity contribution in [3.63, 3.8) is 0 Å². The van der Waals surface area contributed by atoms with Crippen molar-refractivity contribution >= 4 is 37.5 Å². The monoisotopic (exact) mass is 298 g/mol. The van der Waals surface area contributed by atoms with Gasteiger partial charge < -0.3 is 0 Å². The highest BCUT2D eigenvalue weighted by Crippen LogP contribution is 2.31. The lowest BCUT2D eigenvalue weighted by Crippen LogP contribution is -2.03. The maximum absolute atomic E-state index is 4.43. The van der Waals surface area contributed by atoms with E-state index in [4.69, 9.17) is 0 Å². The van der Waals surface area contributed by atoms with E-state index in [1.54, 1.807) is 17.7 Å². The van der Waals surface area contributed by atoms with Gasteiger partial charge in [0.1, 0.15) is 11.2 Å². The van der Waals surface area contributed by atoms with E-state index in [1.165, 1.54) is 21.5 Å². The van der Waals surface area contributed by atoms with Gasteiger partial charge in [-0.1, -0.05) is 22.9 Å². The van der Waals surface area contributed by atoms with Crippen LogP contribution in [0.4, 0.5) is 0 Å². The fourth-order valence-corrected chi connectivity index (χ4v) is 3.09. The number of aromatic nitrogens is 2. The molecular formula is C12H15BrN2S. The number of hydrogen-bond donors (Lipinski definition) is 0. The van der Waals surface area contributed by atoms with E-state index in [-0.39, 0.29) is 0 Å². The van der Waals surface area contributed by atoms with Crippen LogP contribution in [0.3, 0.4) is 0 Å². The van der Waals surface area contributed by atoms with Gasteiger partial charge in [-0.2, -0.15) is 0 Å². The Bertz CT molecular complexity index is 507. The van der Waals surface area contributed by atoms with E-state index in [1.807, 2.05) is 0 Å². The normalized spacial score (nSPS) is 13.2. The van der Waals surface area contributed by atoms with Crippen LogP contribution in [0.15, 0.2) is 6.33 Å². The van der Waals surface area contributed by atoms with Crippen LogP contribution in [0.1, 0.15) is 29.5 Å². The summed E-state index contributed by atoms with van der Waals surface area (Å²) in [5, 5.41) is 1.27. The van der Waals surface area contributed by atoms with E-state index < -0.39 is 0 Å². The predicted octanol–water partition coefficient (Wildman–Crippen LogP) is 4.02. The van der Waals surface area contributed by atoms with Gasteiger partial charge >= 0.3 is 0 Å². The molecular weight excluding hydrogens is 284 g/mol. The number of hydrogen-bond acceptors (Lipinski definition) is 3. The molecule has 0 saturated carbocycles. The first-order valence-electron chi connectivity index (χ1n) is 5.47. The standard InChI is InChI=1S/C12H15BrN2S/c1-4-9(13)5-10-11-7(2)8(3)16-12(11)15-6-14-10/h6,9H,4-5H2,1-3H3. The minimum Gasteiger partial charge on any atom is -0.241 e. The second kappa shape index (κ2) is 4.80. The number of nitrogens with zero attached hydrogens (tertiary/aromatic N) is 2. The molecule has 2 nitrogen and oxygen atoms in total. The van der Waals surface area contributed by atoms with Gasteiger partial charge in [-0.05, 0) is 25.8 Å². The third-order valence-corrected chi connectivity index (χ3v) is 4.99. The molecule has 86 valence electrons. The van der Waals surface area contributed by atoms with Crippen LogP contribution < -0.4 is 0 Å². The molecule has 2 heterocycles. The maximum Gasteiger partial charge on any atom is 0.127 e. The van der Waals surface area contributed by atoms with Crippen molar-refractivity contribution in [2.24, 2.45) is 0 Å². The second-order valence-corrected chi connectivity index (χ2v) is 6.49. The second-order valence-electron chi connectivity index (χ2n) is 3.99. The number of alkyl halides is 1. The van der Waals surface area contributed by atoms with Gasteiger partial charge in [0.05, 0.1) is 5.69 Å². The first kappa shape index (κ1) is 12.0. The Morgan fingerprint density at radius 2 is 2.12 bits per heavy atom. The summed E-state index contributed by atoms with van der Waals surface area (Å²) in [4.78, 5) is 11.8. The van der Waals surface area contributed by atoms with E-state index in [2.05, 4.69) is 46.7 Å². The zero-order chi connectivity index (χ0) is 11.7. The summed E-state index contributed by atoms with van der Waals surface area (Å²) in [6.45, 7) is 6.50. The molecule has 0 aromatic carbocycles. The van der Waals surface area contributed by atoms with Gasteiger partial charge in [0.2, 0.25) is 0 Å². The molecule has 0 spiro atoms. The Hall–Kier alpha value is -0.480. The first-order chi connectivity index (χ1) is 7.63. The van der Waals surface area contributed by atoms with Crippen molar-refractivity contribution < 1.29 is 0 Å². The lowest BCUT2D eigenvalue weighted by Gasteiger charge is -2.07. The Morgan fingerprint density at radius 3 is 2.81 bits per heavy atom. The van der Waals surface area contributed by atoms with Gasteiger partial charge in [0.25, 0.3) is 0 Å². The highest BCUT2D eigenvalue weighted by Gasteiger charge is 2.13. The SMILES string of the molecule is CCC(Br)Cc1ncnc2sc(C)c(C)c12. The molecule has 1 atom stereocenters. The van der Waals surface area contributed by atoms with Crippen LogP contribution in [-0.4, -0.2) is 14.8 Å². The molecule has 0 bridgehead atoms. The molecule has 2 aromatic heterocycles. The molecule has 2 rings (SSSR count). The van der Waals surface area contributed by atoms with Crippen molar-refractivity contribution in [1.29, 1.82) is 0 Å². The highest BCUT2D eigenvalue weighted by atomic mass is 79.9. The van der Waals surface area contributed by atoms with Gasteiger partial charge in [-0.15, -0.1) is 11.3 Å². The van der Waals surface area contributed by atoms with Crippen molar-refractivity contribution in [3.8, 4) is 0 Å². The predicted molar refractivity (Wildman–Crippen MR) is 73.6 cm³/mol. The summed E-state index contributed by atoms with van der Waals surface area (Å²) in [6.07, 6.45) is 3.78. The fourth-order valence-electron chi connectivity index (χ4n) is 1.76. The van der Waals surface area contributed by atoms with Gasteiger partial charge in [0.15, 0.2) is 0 Å². The number of fused-ring (bicyclic) bond motifs is 1. The molecule has 2 aromatic rings. The quantitative estimate of drug-likeness (QED) is 0.800. The third-order valence-electron chi connectivity index (χ3n) is 2.90. The topological polar surface area (TPSA) is 25.8 Å². The Labute approximate surface area is 108 Å². The lowest BCUT2D eigenvalue weighted by molar-refractivity contribution is 0.812. The number of aryl methyl sites for hydroxylation is 2. The van der Waals surface area contributed by atoms with Gasteiger partial charge in [-0.3, -0.25) is 0 Å². The molecule has 1 unspecified atom stereocenters. The Balaban J connectivity index is 2.52. The summed E-state index contributed by atoms with van der Waals surface area (Å²) in [6, 6.07) is 0. The van der Waals surface area contributed by atoms with E-state index in [9.17, 15) is 0 Å². The summed E-state index contributed by atoms with van der Waals surface area (Å²) < 4.78 is 0. The zero-order valence-corrected chi connectivity index (χ0v) is 12.2. The fraction of sp³-hybridized carbons (Fsp3) is 0.500. The van der Waals surface area contributed by atoms with Crippen LogP contribution >= 0.6 is 27.3 Å². The zero-order valence-electron chi connectivity index (χ0n) is 9.75. The lowest BCUT2D eigenvalue weighted by atomic mass is 10.1. The van der Waals surface area contributed by atoms with Gasteiger partial charge in [-0.25, -0.2) is 9.97 Å². The van der Waals surface area contributed by atoms with Crippen LogP contribution in [0.2, 0.25) is 0 Å². The van der Waals surface area contributed by atoms with Crippen LogP contribution in [0.25, 0.3) is 10.2 Å². The Morgan fingerprint density at radius 1 is 1.38 bits per heavy atom. The van der Waals surface area contributed by atoms with Crippen molar-refractivity contribution in [1.82, 2.24) is 9.97 Å². The molecule has 0 saturated heterocycles. The minimum absolute atomic E-state index is 0.505. The molecule has 0 aliphatic carbocycles. The molecule has 0 radical (unpaired) electrons. The highest BCUT2D eigenvalue weighted by molar-refractivity contribution is 9.09.